The molecule has 0 saturated carbocycles. The number of pyridine rings is 1. The van der Waals surface area contributed by atoms with Gasteiger partial charge in [-0.1, -0.05) is 23.7 Å². The first-order valence-corrected chi connectivity index (χ1v) is 8.09. The summed E-state index contributed by atoms with van der Waals surface area (Å²) < 4.78 is 5.66. The third-order valence-electron chi connectivity index (χ3n) is 3.77. The van der Waals surface area contributed by atoms with Gasteiger partial charge in [0.2, 0.25) is 0 Å². The standard InChI is InChI=1S/C15H12ClN5OS/c16-10-3-1-2-4-11(10)21-6-9(8-5-18-23-7-8)13-12(15(21)22)14(17)20-19-13/h1-7,14,19-20H,17H2. The Morgan fingerprint density at radius 1 is 1.35 bits per heavy atom. The Balaban J connectivity index is 2.06. The van der Waals surface area contributed by atoms with Gasteiger partial charge < -0.3 is 11.2 Å². The zero-order valence-electron chi connectivity index (χ0n) is 11.8. The molecule has 116 valence electrons. The quantitative estimate of drug-likeness (QED) is 0.664. The Hall–Kier alpha value is -2.19. The number of hydrogen-bond acceptors (Lipinski definition) is 6. The fourth-order valence-electron chi connectivity index (χ4n) is 2.66. The van der Waals surface area contributed by atoms with E-state index in [1.807, 2.05) is 17.5 Å². The molecule has 3 aromatic rings. The number of nitrogens with two attached hydrogens (primary N) is 1. The lowest BCUT2D eigenvalue weighted by molar-refractivity contribution is 0.647. The molecular weight excluding hydrogens is 334 g/mol. The largest absolute Gasteiger partial charge is 0.318 e. The summed E-state index contributed by atoms with van der Waals surface area (Å²) in [6.45, 7) is 0. The second-order valence-corrected chi connectivity index (χ2v) is 6.18. The maximum absolute atomic E-state index is 12.9. The Morgan fingerprint density at radius 3 is 2.91 bits per heavy atom. The Morgan fingerprint density at radius 2 is 2.17 bits per heavy atom. The molecule has 1 aromatic carbocycles. The lowest BCUT2D eigenvalue weighted by atomic mass is 10.1. The third kappa shape index (κ3) is 2.25. The number of para-hydroxylation sites is 1. The molecule has 0 saturated heterocycles. The van der Waals surface area contributed by atoms with Crippen molar-refractivity contribution < 1.29 is 0 Å². The molecule has 2 aromatic heterocycles. The number of rotatable bonds is 2. The summed E-state index contributed by atoms with van der Waals surface area (Å²) in [5.41, 5.74) is 15.2. The number of fused-ring (bicyclic) bond motifs is 1. The molecule has 23 heavy (non-hydrogen) atoms. The average molecular weight is 346 g/mol. The van der Waals surface area contributed by atoms with E-state index in [0.717, 1.165) is 11.1 Å². The number of anilines is 1. The second kappa shape index (κ2) is 5.47. The van der Waals surface area contributed by atoms with Gasteiger partial charge in [-0.2, -0.15) is 0 Å². The molecule has 6 nitrogen and oxygen atoms in total. The highest BCUT2D eigenvalue weighted by atomic mass is 35.5. The Bertz CT molecular complexity index is 938. The summed E-state index contributed by atoms with van der Waals surface area (Å²) >= 11 is 7.61. The fraction of sp³-hybridized carbons (Fsp3) is 0.0667. The molecule has 1 aliphatic rings. The number of nitrogens with one attached hydrogen (secondary N) is 2. The summed E-state index contributed by atoms with van der Waals surface area (Å²) in [5, 5.41) is 2.42. The van der Waals surface area contributed by atoms with Crippen LogP contribution in [0.25, 0.3) is 16.8 Å². The first kappa shape index (κ1) is 14.4. The van der Waals surface area contributed by atoms with Crippen LogP contribution in [0.2, 0.25) is 5.02 Å². The predicted octanol–water partition coefficient (Wildman–Crippen LogP) is 2.50. The SMILES string of the molecule is NC1NNc2c(-c3cnsc3)cn(-c3ccccc3Cl)c(=O)c21. The van der Waals surface area contributed by atoms with E-state index >= 15 is 0 Å². The lowest BCUT2D eigenvalue weighted by Gasteiger charge is -2.14. The van der Waals surface area contributed by atoms with Crippen LogP contribution < -0.4 is 22.1 Å². The highest BCUT2D eigenvalue weighted by Crippen LogP contribution is 2.35. The van der Waals surface area contributed by atoms with Gasteiger partial charge in [-0.3, -0.25) is 9.36 Å². The van der Waals surface area contributed by atoms with Crippen LogP contribution in [-0.4, -0.2) is 8.94 Å². The summed E-state index contributed by atoms with van der Waals surface area (Å²) in [5.74, 6) is 0. The molecule has 4 N–H and O–H groups in total. The minimum absolute atomic E-state index is 0.204. The van der Waals surface area contributed by atoms with Crippen LogP contribution in [0.5, 0.6) is 0 Å². The molecule has 0 bridgehead atoms. The van der Waals surface area contributed by atoms with E-state index in [4.69, 9.17) is 17.3 Å². The number of hydrogen-bond donors (Lipinski definition) is 3. The lowest BCUT2D eigenvalue weighted by Crippen LogP contribution is -2.30. The van der Waals surface area contributed by atoms with Crippen molar-refractivity contribution in [3.63, 3.8) is 0 Å². The third-order valence-corrected chi connectivity index (χ3v) is 4.67. The van der Waals surface area contributed by atoms with Crippen LogP contribution in [0.3, 0.4) is 0 Å². The minimum Gasteiger partial charge on any atom is -0.318 e. The van der Waals surface area contributed by atoms with Gasteiger partial charge in [-0.15, -0.1) is 0 Å². The smallest absolute Gasteiger partial charge is 0.263 e. The number of hydrazine groups is 1. The van der Waals surface area contributed by atoms with Gasteiger partial charge in [0.1, 0.15) is 6.17 Å². The van der Waals surface area contributed by atoms with Crippen molar-refractivity contribution in [2.24, 2.45) is 5.73 Å². The minimum atomic E-state index is -0.585. The van der Waals surface area contributed by atoms with Crippen molar-refractivity contribution in [2.45, 2.75) is 6.17 Å². The average Bonchev–Trinajstić information content (AvgIpc) is 3.19. The summed E-state index contributed by atoms with van der Waals surface area (Å²) in [4.78, 5) is 12.9. The maximum Gasteiger partial charge on any atom is 0.263 e. The van der Waals surface area contributed by atoms with Crippen LogP contribution in [0.1, 0.15) is 11.7 Å². The van der Waals surface area contributed by atoms with Crippen molar-refractivity contribution in [1.29, 1.82) is 0 Å². The summed E-state index contributed by atoms with van der Waals surface area (Å²) in [6, 6.07) is 7.21. The van der Waals surface area contributed by atoms with Crippen LogP contribution in [0.15, 0.2) is 46.8 Å². The van der Waals surface area contributed by atoms with Crippen LogP contribution in [-0.2, 0) is 0 Å². The number of aromatic nitrogens is 2. The molecule has 1 unspecified atom stereocenters. The van der Waals surface area contributed by atoms with Crippen LogP contribution in [0, 0.1) is 0 Å². The molecule has 8 heteroatoms. The number of halogens is 1. The summed E-state index contributed by atoms with van der Waals surface area (Å²) in [6.07, 6.45) is 2.93. The van der Waals surface area contributed by atoms with Gasteiger partial charge in [-0.25, -0.2) is 9.80 Å². The maximum atomic E-state index is 12.9. The van der Waals surface area contributed by atoms with E-state index in [1.54, 1.807) is 24.5 Å². The van der Waals surface area contributed by atoms with Gasteiger partial charge in [0.25, 0.3) is 5.56 Å². The van der Waals surface area contributed by atoms with E-state index in [0.29, 0.717) is 22.0 Å². The molecule has 0 fully saturated rings. The van der Waals surface area contributed by atoms with E-state index in [-0.39, 0.29) is 5.56 Å². The molecule has 0 radical (unpaired) electrons. The highest BCUT2D eigenvalue weighted by Gasteiger charge is 2.27. The van der Waals surface area contributed by atoms with Crippen LogP contribution in [0.4, 0.5) is 5.69 Å². The van der Waals surface area contributed by atoms with Gasteiger partial charge >= 0.3 is 0 Å². The van der Waals surface area contributed by atoms with Gasteiger partial charge in [0.15, 0.2) is 0 Å². The molecule has 1 atom stereocenters. The van der Waals surface area contributed by atoms with E-state index < -0.39 is 6.17 Å². The van der Waals surface area contributed by atoms with Crippen molar-refractivity contribution >= 4 is 28.8 Å². The normalized spacial score (nSPS) is 16.2. The Kier molecular flexibility index (Phi) is 3.42. The molecule has 0 aliphatic carbocycles. The summed E-state index contributed by atoms with van der Waals surface area (Å²) in [7, 11) is 0. The monoisotopic (exact) mass is 345 g/mol. The van der Waals surface area contributed by atoms with Crippen molar-refractivity contribution in [1.82, 2.24) is 14.4 Å². The fourth-order valence-corrected chi connectivity index (χ4v) is 3.43. The van der Waals surface area contributed by atoms with Crippen molar-refractivity contribution in [3.05, 3.63) is 63.0 Å². The van der Waals surface area contributed by atoms with E-state index in [1.165, 1.54) is 16.1 Å². The van der Waals surface area contributed by atoms with Crippen molar-refractivity contribution in [2.75, 3.05) is 5.43 Å². The Labute approximate surface area is 140 Å². The zero-order chi connectivity index (χ0) is 16.0. The number of benzene rings is 1. The van der Waals surface area contributed by atoms with Crippen LogP contribution >= 0.6 is 23.1 Å². The first-order valence-electron chi connectivity index (χ1n) is 6.88. The van der Waals surface area contributed by atoms with Gasteiger partial charge in [0, 0.05) is 28.9 Å². The number of nitrogens with zero attached hydrogens (tertiary/aromatic N) is 2. The second-order valence-electron chi connectivity index (χ2n) is 5.12. The molecule has 4 rings (SSSR count). The first-order chi connectivity index (χ1) is 11.2. The van der Waals surface area contributed by atoms with E-state index in [9.17, 15) is 4.79 Å². The highest BCUT2D eigenvalue weighted by molar-refractivity contribution is 7.03. The molecule has 1 aliphatic heterocycles. The molecule has 0 amide bonds. The zero-order valence-corrected chi connectivity index (χ0v) is 13.4. The predicted molar refractivity (Wildman–Crippen MR) is 91.8 cm³/mol. The van der Waals surface area contributed by atoms with Gasteiger partial charge in [0.05, 0.1) is 22.0 Å². The molecular formula is C15H12ClN5OS. The molecule has 3 heterocycles. The van der Waals surface area contributed by atoms with Gasteiger partial charge in [-0.05, 0) is 23.7 Å². The molecule has 0 spiro atoms. The topological polar surface area (TPSA) is 85.0 Å². The van der Waals surface area contributed by atoms with Crippen molar-refractivity contribution in [3.8, 4) is 16.8 Å². The van der Waals surface area contributed by atoms with E-state index in [2.05, 4.69) is 15.2 Å².